The Kier molecular flexibility index (Phi) is 10.4. The molecule has 0 spiro atoms. The van der Waals surface area contributed by atoms with Crippen LogP contribution in [0.15, 0.2) is 169 Å². The summed E-state index contributed by atoms with van der Waals surface area (Å²) in [5, 5.41) is 0. The molecule has 0 aliphatic rings. The fourth-order valence-electron chi connectivity index (χ4n) is 4.86. The molecule has 0 aliphatic carbocycles. The van der Waals surface area contributed by atoms with Gasteiger partial charge in [0.05, 0.1) is 45.6 Å². The molecule has 0 unspecified atom stereocenters. The Morgan fingerprint density at radius 2 is 0.729 bits per heavy atom. The van der Waals surface area contributed by atoms with Crippen LogP contribution in [-0.2, 0) is 0 Å². The largest absolute Gasteiger partial charge is 0.255 e. The van der Waals surface area contributed by atoms with E-state index >= 15 is 0 Å². The van der Waals surface area contributed by atoms with E-state index in [1.807, 2.05) is 109 Å². The number of pyridine rings is 6. The van der Waals surface area contributed by atoms with Crippen molar-refractivity contribution in [3.8, 4) is 45.6 Å². The molecule has 0 bridgehead atoms. The van der Waals surface area contributed by atoms with Crippen LogP contribution >= 0.6 is 0 Å². The first-order chi connectivity index (χ1) is 23.6. The topological polar surface area (TPSA) is 77.3 Å². The molecular formula is C42H34N6. The van der Waals surface area contributed by atoms with Crippen LogP contribution in [0.25, 0.3) is 57.7 Å². The maximum atomic E-state index is 4.84. The van der Waals surface area contributed by atoms with E-state index in [-0.39, 0.29) is 0 Å². The van der Waals surface area contributed by atoms with Crippen LogP contribution in [-0.4, -0.2) is 29.9 Å². The number of hydrogen-bond donors (Lipinski definition) is 0. The SMILES string of the molecule is CC(/C=C/c1cc(-c2ccccn2)nc(-c2ccccn2)c1)=C\C=C\C=C(C)\C=C\c1cc(-c2ccccn2)nc(-c2ccccn2)c1. The van der Waals surface area contributed by atoms with E-state index in [9.17, 15) is 0 Å². The molecule has 0 radical (unpaired) electrons. The van der Waals surface area contributed by atoms with Gasteiger partial charge < -0.3 is 0 Å². The smallest absolute Gasteiger partial charge is 0.0900 e. The molecule has 0 aliphatic heterocycles. The van der Waals surface area contributed by atoms with Crippen molar-refractivity contribution in [3.05, 3.63) is 181 Å². The third-order valence-corrected chi connectivity index (χ3v) is 7.31. The van der Waals surface area contributed by atoms with Gasteiger partial charge in [0, 0.05) is 24.8 Å². The lowest BCUT2D eigenvalue weighted by molar-refractivity contribution is 1.21. The zero-order valence-corrected chi connectivity index (χ0v) is 26.8. The average molecular weight is 623 g/mol. The van der Waals surface area contributed by atoms with Crippen LogP contribution in [0.5, 0.6) is 0 Å². The lowest BCUT2D eigenvalue weighted by atomic mass is 10.1. The highest BCUT2D eigenvalue weighted by molar-refractivity contribution is 5.70. The van der Waals surface area contributed by atoms with Crippen LogP contribution in [0, 0.1) is 0 Å². The van der Waals surface area contributed by atoms with E-state index in [2.05, 4.69) is 70.2 Å². The second kappa shape index (κ2) is 15.7. The molecule has 48 heavy (non-hydrogen) atoms. The first kappa shape index (κ1) is 31.6. The van der Waals surface area contributed by atoms with Crippen molar-refractivity contribution in [2.75, 3.05) is 0 Å². The van der Waals surface area contributed by atoms with Crippen LogP contribution in [0.2, 0.25) is 0 Å². The number of nitrogens with zero attached hydrogens (tertiary/aromatic N) is 6. The van der Waals surface area contributed by atoms with Gasteiger partial charge in [-0.1, -0.05) is 84.0 Å². The molecule has 6 rings (SSSR count). The van der Waals surface area contributed by atoms with E-state index in [1.165, 1.54) is 0 Å². The normalized spacial score (nSPS) is 12.4. The third kappa shape index (κ3) is 8.65. The van der Waals surface area contributed by atoms with E-state index in [1.54, 1.807) is 24.8 Å². The molecule has 6 nitrogen and oxygen atoms in total. The van der Waals surface area contributed by atoms with Gasteiger partial charge in [-0.25, -0.2) is 9.97 Å². The zero-order valence-electron chi connectivity index (χ0n) is 26.8. The van der Waals surface area contributed by atoms with Crippen molar-refractivity contribution >= 4 is 12.2 Å². The summed E-state index contributed by atoms with van der Waals surface area (Å²) in [5.74, 6) is 0. The van der Waals surface area contributed by atoms with Crippen molar-refractivity contribution in [2.45, 2.75) is 13.8 Å². The number of hydrogen-bond acceptors (Lipinski definition) is 6. The van der Waals surface area contributed by atoms with Gasteiger partial charge in [-0.15, -0.1) is 0 Å². The summed E-state index contributed by atoms with van der Waals surface area (Å²) in [5.41, 5.74) is 10.8. The van der Waals surface area contributed by atoms with Crippen LogP contribution < -0.4 is 0 Å². The number of rotatable bonds is 10. The fourth-order valence-corrected chi connectivity index (χ4v) is 4.86. The molecule has 0 N–H and O–H groups in total. The Morgan fingerprint density at radius 1 is 0.417 bits per heavy atom. The van der Waals surface area contributed by atoms with E-state index < -0.39 is 0 Å². The van der Waals surface area contributed by atoms with Gasteiger partial charge in [0.25, 0.3) is 0 Å². The fraction of sp³-hybridized carbons (Fsp3) is 0.0476. The number of allylic oxidation sites excluding steroid dienone is 8. The van der Waals surface area contributed by atoms with Gasteiger partial charge in [-0.2, -0.15) is 0 Å². The van der Waals surface area contributed by atoms with Gasteiger partial charge in [0.2, 0.25) is 0 Å². The maximum Gasteiger partial charge on any atom is 0.0900 e. The maximum absolute atomic E-state index is 4.84. The highest BCUT2D eigenvalue weighted by Gasteiger charge is 2.09. The first-order valence-electron chi connectivity index (χ1n) is 15.7. The predicted molar refractivity (Wildman–Crippen MR) is 196 cm³/mol. The highest BCUT2D eigenvalue weighted by Crippen LogP contribution is 2.25. The van der Waals surface area contributed by atoms with E-state index in [0.717, 1.165) is 67.8 Å². The molecule has 6 heterocycles. The minimum absolute atomic E-state index is 0.807. The predicted octanol–water partition coefficient (Wildman–Crippen LogP) is 9.90. The quantitative estimate of drug-likeness (QED) is 0.142. The van der Waals surface area contributed by atoms with Gasteiger partial charge >= 0.3 is 0 Å². The molecule has 6 aromatic rings. The molecule has 0 atom stereocenters. The van der Waals surface area contributed by atoms with Crippen molar-refractivity contribution in [1.29, 1.82) is 0 Å². The molecule has 0 fully saturated rings. The molecule has 0 amide bonds. The minimum Gasteiger partial charge on any atom is -0.255 e. The van der Waals surface area contributed by atoms with E-state index in [0.29, 0.717) is 0 Å². The Morgan fingerprint density at radius 3 is 1.00 bits per heavy atom. The molecule has 0 saturated heterocycles. The summed E-state index contributed by atoms with van der Waals surface area (Å²) in [6, 6.07) is 31.6. The van der Waals surface area contributed by atoms with Crippen LogP contribution in [0.4, 0.5) is 0 Å². The summed E-state index contributed by atoms with van der Waals surface area (Å²) >= 11 is 0. The van der Waals surface area contributed by atoms with Crippen LogP contribution in [0.1, 0.15) is 25.0 Å². The second-order valence-electron chi connectivity index (χ2n) is 11.1. The highest BCUT2D eigenvalue weighted by atomic mass is 14.8. The van der Waals surface area contributed by atoms with Gasteiger partial charge in [-0.05, 0) is 97.8 Å². The Balaban J connectivity index is 1.17. The Labute approximate surface area is 281 Å². The minimum atomic E-state index is 0.807. The molecule has 0 aromatic carbocycles. The number of aromatic nitrogens is 6. The Bertz CT molecular complexity index is 1850. The summed E-state index contributed by atoms with van der Waals surface area (Å²) in [6.07, 6.45) is 23.8. The van der Waals surface area contributed by atoms with E-state index in [4.69, 9.17) is 9.97 Å². The lowest BCUT2D eigenvalue weighted by Crippen LogP contribution is -1.93. The standard InChI is InChI=1S/C42H34N6/c1-31(19-21-33-27-39(35-15-5-9-23-43-35)47-40(28-33)36-16-6-10-24-44-36)13-3-4-14-32(2)20-22-34-29-41(37-17-7-11-25-45-37)48-42(30-34)38-18-8-12-26-46-38/h3-30H,1-2H3/b4-3+,21-19+,22-20+,31-13+,32-14+. The van der Waals surface area contributed by atoms with Crippen LogP contribution in [0.3, 0.4) is 0 Å². The molecule has 6 heteroatoms. The van der Waals surface area contributed by atoms with Crippen molar-refractivity contribution in [2.24, 2.45) is 0 Å². The molecule has 0 saturated carbocycles. The summed E-state index contributed by atoms with van der Waals surface area (Å²) in [4.78, 5) is 27.7. The van der Waals surface area contributed by atoms with Crippen molar-refractivity contribution < 1.29 is 0 Å². The molecule has 232 valence electrons. The zero-order chi connectivity index (χ0) is 33.0. The van der Waals surface area contributed by atoms with Gasteiger partial charge in [0.15, 0.2) is 0 Å². The second-order valence-corrected chi connectivity index (χ2v) is 11.1. The Hall–Kier alpha value is -6.40. The lowest BCUT2D eigenvalue weighted by Gasteiger charge is -2.07. The van der Waals surface area contributed by atoms with Crippen molar-refractivity contribution in [1.82, 2.24) is 29.9 Å². The molecular weight excluding hydrogens is 589 g/mol. The third-order valence-electron chi connectivity index (χ3n) is 7.31. The monoisotopic (exact) mass is 622 g/mol. The average Bonchev–Trinajstić information content (AvgIpc) is 3.16. The van der Waals surface area contributed by atoms with Gasteiger partial charge in [-0.3, -0.25) is 19.9 Å². The first-order valence-corrected chi connectivity index (χ1v) is 15.7. The van der Waals surface area contributed by atoms with Crippen molar-refractivity contribution in [3.63, 3.8) is 0 Å². The van der Waals surface area contributed by atoms with Gasteiger partial charge in [0.1, 0.15) is 0 Å². The molecule has 6 aromatic heterocycles. The summed E-state index contributed by atoms with van der Waals surface area (Å²) in [7, 11) is 0. The summed E-state index contributed by atoms with van der Waals surface area (Å²) in [6.45, 7) is 4.17. The summed E-state index contributed by atoms with van der Waals surface area (Å²) < 4.78 is 0.